The summed E-state index contributed by atoms with van der Waals surface area (Å²) in [5, 5.41) is 4.55. The molecule has 66 valence electrons. The molecule has 2 nitrogen and oxygen atoms in total. The van der Waals surface area contributed by atoms with Crippen LogP contribution in [0.3, 0.4) is 0 Å². The van der Waals surface area contributed by atoms with E-state index in [1.165, 1.54) is 37.1 Å². The molecular formula is C10H16N2. The average molecular weight is 164 g/mol. The van der Waals surface area contributed by atoms with Crippen LogP contribution in [0.15, 0.2) is 6.07 Å². The van der Waals surface area contributed by atoms with Gasteiger partial charge < -0.3 is 0 Å². The Bertz CT molecular complexity index is 239. The number of nitrogens with zero attached hydrogens (tertiary/aromatic N) is 2. The Morgan fingerprint density at radius 3 is 3.17 bits per heavy atom. The van der Waals surface area contributed by atoms with Crippen molar-refractivity contribution in [2.75, 3.05) is 0 Å². The molecule has 0 unspecified atom stereocenters. The van der Waals surface area contributed by atoms with E-state index >= 15 is 0 Å². The Balaban J connectivity index is 2.26. The zero-order valence-electron chi connectivity index (χ0n) is 7.71. The van der Waals surface area contributed by atoms with Crippen LogP contribution in [0.4, 0.5) is 0 Å². The molecule has 2 heteroatoms. The number of rotatable bonds is 1. The van der Waals surface area contributed by atoms with Crippen LogP contribution in [-0.2, 0) is 19.4 Å². The highest BCUT2D eigenvalue weighted by Gasteiger charge is 2.09. The Hall–Kier alpha value is -0.790. The third-order valence-corrected chi connectivity index (χ3v) is 2.58. The second kappa shape index (κ2) is 3.30. The second-order valence-electron chi connectivity index (χ2n) is 3.51. The topological polar surface area (TPSA) is 17.8 Å². The summed E-state index contributed by atoms with van der Waals surface area (Å²) in [5.41, 5.74) is 2.70. The summed E-state index contributed by atoms with van der Waals surface area (Å²) in [7, 11) is 0. The molecule has 1 aromatic heterocycles. The molecule has 0 N–H and O–H groups in total. The van der Waals surface area contributed by atoms with Gasteiger partial charge in [0, 0.05) is 12.2 Å². The Labute approximate surface area is 73.6 Å². The number of aryl methyl sites for hydroxylation is 3. The molecule has 0 amide bonds. The maximum Gasteiger partial charge on any atom is 0.0624 e. The summed E-state index contributed by atoms with van der Waals surface area (Å²) in [6.45, 7) is 3.30. The molecule has 0 spiro atoms. The van der Waals surface area contributed by atoms with Crippen LogP contribution in [0.2, 0.25) is 0 Å². The van der Waals surface area contributed by atoms with Crippen LogP contribution in [-0.4, -0.2) is 9.78 Å². The minimum absolute atomic E-state index is 1.07. The van der Waals surface area contributed by atoms with E-state index in [2.05, 4.69) is 22.8 Å². The first-order valence-corrected chi connectivity index (χ1v) is 4.96. The fourth-order valence-corrected chi connectivity index (χ4v) is 1.83. The van der Waals surface area contributed by atoms with Crippen LogP contribution < -0.4 is 0 Å². The van der Waals surface area contributed by atoms with Crippen molar-refractivity contribution in [3.63, 3.8) is 0 Å². The summed E-state index contributed by atoms with van der Waals surface area (Å²) < 4.78 is 2.20. The second-order valence-corrected chi connectivity index (χ2v) is 3.51. The molecule has 1 aliphatic rings. The van der Waals surface area contributed by atoms with Crippen molar-refractivity contribution in [2.45, 2.75) is 45.6 Å². The van der Waals surface area contributed by atoms with Crippen LogP contribution in [0.5, 0.6) is 0 Å². The zero-order valence-corrected chi connectivity index (χ0v) is 7.71. The standard InChI is InChI=1S/C10H16N2/c1-2-9-8-10-6-4-3-5-7-12(10)11-9/h8H,2-7H2,1H3. The van der Waals surface area contributed by atoms with E-state index in [1.807, 2.05) is 0 Å². The van der Waals surface area contributed by atoms with Gasteiger partial charge in [-0.3, -0.25) is 4.68 Å². The summed E-state index contributed by atoms with van der Waals surface area (Å²) >= 11 is 0. The van der Waals surface area contributed by atoms with Crippen molar-refractivity contribution in [3.8, 4) is 0 Å². The molecule has 0 radical (unpaired) electrons. The highest BCUT2D eigenvalue weighted by atomic mass is 15.3. The first-order chi connectivity index (χ1) is 5.90. The molecule has 12 heavy (non-hydrogen) atoms. The summed E-state index contributed by atoms with van der Waals surface area (Å²) in [6.07, 6.45) is 6.31. The van der Waals surface area contributed by atoms with Crippen molar-refractivity contribution >= 4 is 0 Å². The lowest BCUT2D eigenvalue weighted by Crippen LogP contribution is -2.01. The van der Waals surface area contributed by atoms with Crippen LogP contribution >= 0.6 is 0 Å². The monoisotopic (exact) mass is 164 g/mol. The van der Waals surface area contributed by atoms with E-state index in [0.29, 0.717) is 0 Å². The molecule has 0 atom stereocenters. The highest BCUT2D eigenvalue weighted by molar-refractivity contribution is 5.11. The average Bonchev–Trinajstić information content (AvgIpc) is 2.37. The van der Waals surface area contributed by atoms with E-state index < -0.39 is 0 Å². The maximum absolute atomic E-state index is 4.55. The smallest absolute Gasteiger partial charge is 0.0624 e. The SMILES string of the molecule is CCc1cc2n(n1)CCCCC2. The van der Waals surface area contributed by atoms with Gasteiger partial charge in [0.2, 0.25) is 0 Å². The summed E-state index contributed by atoms with van der Waals surface area (Å²) in [5.74, 6) is 0. The molecule has 0 bridgehead atoms. The van der Waals surface area contributed by atoms with Gasteiger partial charge in [-0.15, -0.1) is 0 Å². The molecule has 0 fully saturated rings. The Kier molecular flexibility index (Phi) is 2.15. The lowest BCUT2D eigenvalue weighted by atomic mass is 10.2. The lowest BCUT2D eigenvalue weighted by molar-refractivity contribution is 0.570. The molecule has 2 rings (SSSR count). The molecular weight excluding hydrogens is 148 g/mol. The predicted octanol–water partition coefficient (Wildman–Crippen LogP) is 2.17. The number of hydrogen-bond acceptors (Lipinski definition) is 1. The molecule has 0 aromatic carbocycles. The van der Waals surface area contributed by atoms with E-state index in [4.69, 9.17) is 0 Å². The fraction of sp³-hybridized carbons (Fsp3) is 0.700. The van der Waals surface area contributed by atoms with Crippen molar-refractivity contribution in [1.82, 2.24) is 9.78 Å². The molecule has 1 aliphatic heterocycles. The number of hydrogen-bond donors (Lipinski definition) is 0. The van der Waals surface area contributed by atoms with Gasteiger partial charge in [-0.2, -0.15) is 5.10 Å². The molecule has 0 saturated heterocycles. The molecule has 0 saturated carbocycles. The van der Waals surface area contributed by atoms with Crippen molar-refractivity contribution in [2.24, 2.45) is 0 Å². The van der Waals surface area contributed by atoms with Gasteiger partial charge in [-0.1, -0.05) is 13.3 Å². The van der Waals surface area contributed by atoms with Crippen LogP contribution in [0.1, 0.15) is 37.6 Å². The van der Waals surface area contributed by atoms with Crippen molar-refractivity contribution in [1.29, 1.82) is 0 Å². The van der Waals surface area contributed by atoms with E-state index in [0.717, 1.165) is 13.0 Å². The summed E-state index contributed by atoms with van der Waals surface area (Å²) in [4.78, 5) is 0. The summed E-state index contributed by atoms with van der Waals surface area (Å²) in [6, 6.07) is 2.27. The zero-order chi connectivity index (χ0) is 8.39. The highest BCUT2D eigenvalue weighted by Crippen LogP contribution is 2.15. The predicted molar refractivity (Wildman–Crippen MR) is 49.2 cm³/mol. The normalized spacial score (nSPS) is 17.1. The van der Waals surface area contributed by atoms with Gasteiger partial charge in [0.25, 0.3) is 0 Å². The molecule has 2 heterocycles. The van der Waals surface area contributed by atoms with E-state index in [9.17, 15) is 0 Å². The Morgan fingerprint density at radius 2 is 2.33 bits per heavy atom. The number of fused-ring (bicyclic) bond motifs is 1. The molecule has 1 aromatic rings. The Morgan fingerprint density at radius 1 is 1.42 bits per heavy atom. The minimum atomic E-state index is 1.07. The van der Waals surface area contributed by atoms with Crippen molar-refractivity contribution < 1.29 is 0 Å². The third kappa shape index (κ3) is 1.38. The largest absolute Gasteiger partial charge is 0.269 e. The first kappa shape index (κ1) is 7.84. The van der Waals surface area contributed by atoms with Gasteiger partial charge in [-0.05, 0) is 31.7 Å². The lowest BCUT2D eigenvalue weighted by Gasteiger charge is -1.99. The third-order valence-electron chi connectivity index (χ3n) is 2.58. The number of aromatic nitrogens is 2. The van der Waals surface area contributed by atoms with Crippen LogP contribution in [0, 0.1) is 0 Å². The van der Waals surface area contributed by atoms with Gasteiger partial charge in [-0.25, -0.2) is 0 Å². The first-order valence-electron chi connectivity index (χ1n) is 4.96. The minimum Gasteiger partial charge on any atom is -0.269 e. The maximum atomic E-state index is 4.55. The molecule has 0 aliphatic carbocycles. The van der Waals surface area contributed by atoms with Crippen molar-refractivity contribution in [3.05, 3.63) is 17.5 Å². The fourth-order valence-electron chi connectivity index (χ4n) is 1.83. The van der Waals surface area contributed by atoms with Crippen LogP contribution in [0.25, 0.3) is 0 Å². The van der Waals surface area contributed by atoms with E-state index in [1.54, 1.807) is 0 Å². The van der Waals surface area contributed by atoms with Gasteiger partial charge in [0.15, 0.2) is 0 Å². The van der Waals surface area contributed by atoms with Gasteiger partial charge in [0.05, 0.1) is 5.69 Å². The van der Waals surface area contributed by atoms with E-state index in [-0.39, 0.29) is 0 Å². The quantitative estimate of drug-likeness (QED) is 0.622. The van der Waals surface area contributed by atoms with Gasteiger partial charge >= 0.3 is 0 Å². The van der Waals surface area contributed by atoms with Gasteiger partial charge in [0.1, 0.15) is 0 Å².